The largest absolute Gasteiger partial charge is 0.417 e. The predicted octanol–water partition coefficient (Wildman–Crippen LogP) is 4.54. The monoisotopic (exact) mass is 432 g/mol. The van der Waals surface area contributed by atoms with E-state index in [0.29, 0.717) is 50.9 Å². The highest BCUT2D eigenvalue weighted by molar-refractivity contribution is 5.82. The van der Waals surface area contributed by atoms with Crippen molar-refractivity contribution in [1.82, 2.24) is 20.0 Å². The molecule has 0 saturated carbocycles. The lowest BCUT2D eigenvalue weighted by atomic mass is 9.91. The van der Waals surface area contributed by atoms with Gasteiger partial charge < -0.3 is 9.42 Å². The van der Waals surface area contributed by atoms with Crippen LogP contribution in [0.3, 0.4) is 0 Å². The Bertz CT molecular complexity index is 1070. The van der Waals surface area contributed by atoms with E-state index in [0.717, 1.165) is 11.6 Å². The third kappa shape index (κ3) is 4.55. The molecule has 4 heterocycles. The van der Waals surface area contributed by atoms with Crippen molar-refractivity contribution >= 4 is 17.0 Å². The first-order chi connectivity index (χ1) is 14.9. The van der Waals surface area contributed by atoms with Crippen LogP contribution in [0.2, 0.25) is 0 Å². The third-order valence-electron chi connectivity index (χ3n) is 5.73. The fourth-order valence-corrected chi connectivity index (χ4v) is 4.09. The Balaban J connectivity index is 1.56. The van der Waals surface area contributed by atoms with Crippen molar-refractivity contribution in [3.63, 3.8) is 0 Å². The molecule has 4 rings (SSSR count). The SMILES string of the molecule is CCc1cc(C(F)(F)F)c2c([C@H]3CCCN(C(=O)CCc4ccncc4)C3)noc2n1. The summed E-state index contributed by atoms with van der Waals surface area (Å²) in [5, 5.41) is 3.89. The van der Waals surface area contributed by atoms with E-state index in [1.165, 1.54) is 0 Å². The summed E-state index contributed by atoms with van der Waals surface area (Å²) < 4.78 is 46.5. The molecule has 0 spiro atoms. The van der Waals surface area contributed by atoms with Crippen LogP contribution in [-0.4, -0.2) is 39.0 Å². The van der Waals surface area contributed by atoms with Gasteiger partial charge in [0.05, 0.1) is 16.6 Å². The second-order valence-corrected chi connectivity index (χ2v) is 7.79. The summed E-state index contributed by atoms with van der Waals surface area (Å²) in [6, 6.07) is 4.80. The molecule has 1 aliphatic heterocycles. The molecule has 0 aromatic carbocycles. The van der Waals surface area contributed by atoms with E-state index in [2.05, 4.69) is 15.1 Å². The molecular weight excluding hydrogens is 409 g/mol. The highest BCUT2D eigenvalue weighted by atomic mass is 19.4. The second-order valence-electron chi connectivity index (χ2n) is 7.79. The first-order valence-corrected chi connectivity index (χ1v) is 10.4. The van der Waals surface area contributed by atoms with Crippen LogP contribution in [0.1, 0.15) is 54.6 Å². The molecule has 1 aliphatic rings. The van der Waals surface area contributed by atoms with Crippen LogP contribution in [-0.2, 0) is 23.8 Å². The molecule has 1 saturated heterocycles. The fraction of sp³-hybridized carbons (Fsp3) is 0.455. The number of nitrogens with zero attached hydrogens (tertiary/aromatic N) is 4. The van der Waals surface area contributed by atoms with Crippen LogP contribution >= 0.6 is 0 Å². The van der Waals surface area contributed by atoms with Gasteiger partial charge in [-0.1, -0.05) is 12.1 Å². The minimum absolute atomic E-state index is 0.0169. The van der Waals surface area contributed by atoms with E-state index in [4.69, 9.17) is 4.52 Å². The molecule has 1 fully saturated rings. The molecule has 31 heavy (non-hydrogen) atoms. The summed E-state index contributed by atoms with van der Waals surface area (Å²) >= 11 is 0. The summed E-state index contributed by atoms with van der Waals surface area (Å²) in [7, 11) is 0. The van der Waals surface area contributed by atoms with E-state index >= 15 is 0 Å². The first kappa shape index (κ1) is 21.3. The molecule has 0 bridgehead atoms. The van der Waals surface area contributed by atoms with Gasteiger partial charge in [-0.25, -0.2) is 4.98 Å². The summed E-state index contributed by atoms with van der Waals surface area (Å²) in [5.41, 5.74) is 0.699. The zero-order chi connectivity index (χ0) is 22.0. The summed E-state index contributed by atoms with van der Waals surface area (Å²) in [5.74, 6) is -0.341. The van der Waals surface area contributed by atoms with E-state index in [-0.39, 0.29) is 28.6 Å². The van der Waals surface area contributed by atoms with E-state index in [1.54, 1.807) is 24.2 Å². The van der Waals surface area contributed by atoms with Gasteiger partial charge in [-0.3, -0.25) is 9.78 Å². The Morgan fingerprint density at radius 1 is 1.29 bits per heavy atom. The molecule has 3 aromatic rings. The number of piperidine rings is 1. The molecule has 164 valence electrons. The van der Waals surface area contributed by atoms with Gasteiger partial charge in [0.2, 0.25) is 5.91 Å². The molecule has 0 radical (unpaired) electrons. The number of pyridine rings is 2. The van der Waals surface area contributed by atoms with Gasteiger partial charge in [0, 0.05) is 43.5 Å². The Kier molecular flexibility index (Phi) is 5.93. The molecule has 6 nitrogen and oxygen atoms in total. The standard InChI is InChI=1S/C22H23F3N4O2/c1-2-16-12-17(22(23,24)25)19-20(28-31-21(19)27-16)15-4-3-11-29(13-15)18(30)6-5-14-7-9-26-10-8-14/h7-10,12,15H,2-6,11,13H2,1H3/t15-/m0/s1. The van der Waals surface area contributed by atoms with E-state index in [1.807, 2.05) is 12.1 Å². The van der Waals surface area contributed by atoms with Crippen molar-refractivity contribution in [2.24, 2.45) is 0 Å². The topological polar surface area (TPSA) is 72.1 Å². The maximum Gasteiger partial charge on any atom is 0.417 e. The Morgan fingerprint density at radius 2 is 2.06 bits per heavy atom. The van der Waals surface area contributed by atoms with E-state index in [9.17, 15) is 18.0 Å². The Hall–Kier alpha value is -2.97. The number of fused-ring (bicyclic) bond motifs is 1. The minimum Gasteiger partial charge on any atom is -0.342 e. The number of aryl methyl sites for hydroxylation is 2. The number of halogens is 3. The number of rotatable bonds is 5. The summed E-state index contributed by atoms with van der Waals surface area (Å²) in [6.45, 7) is 2.65. The number of carbonyl (C=O) groups is 1. The van der Waals surface area contributed by atoms with Crippen LogP contribution in [0.4, 0.5) is 13.2 Å². The quantitative estimate of drug-likeness (QED) is 0.592. The molecule has 1 atom stereocenters. The number of alkyl halides is 3. The predicted molar refractivity (Wildman–Crippen MR) is 107 cm³/mol. The van der Waals surface area contributed by atoms with Crippen molar-refractivity contribution < 1.29 is 22.5 Å². The summed E-state index contributed by atoms with van der Waals surface area (Å²) in [4.78, 5) is 22.6. The first-order valence-electron chi connectivity index (χ1n) is 10.4. The smallest absolute Gasteiger partial charge is 0.342 e. The van der Waals surface area contributed by atoms with Gasteiger partial charge in [-0.05, 0) is 49.4 Å². The fourth-order valence-electron chi connectivity index (χ4n) is 4.09. The van der Waals surface area contributed by atoms with Gasteiger partial charge in [0.1, 0.15) is 0 Å². The molecule has 3 aromatic heterocycles. The minimum atomic E-state index is -4.54. The molecule has 0 aliphatic carbocycles. The lowest BCUT2D eigenvalue weighted by molar-refractivity contribution is -0.136. The van der Waals surface area contributed by atoms with Crippen molar-refractivity contribution in [3.8, 4) is 0 Å². The second kappa shape index (κ2) is 8.64. The average Bonchev–Trinajstić information content (AvgIpc) is 3.20. The molecule has 0 unspecified atom stereocenters. The zero-order valence-corrected chi connectivity index (χ0v) is 17.2. The number of hydrogen-bond donors (Lipinski definition) is 0. The molecule has 0 N–H and O–H groups in total. The Morgan fingerprint density at radius 3 is 2.77 bits per heavy atom. The Labute approximate surface area is 177 Å². The van der Waals surface area contributed by atoms with Gasteiger partial charge in [-0.15, -0.1) is 0 Å². The highest BCUT2D eigenvalue weighted by Crippen LogP contribution is 2.40. The van der Waals surface area contributed by atoms with Crippen LogP contribution < -0.4 is 0 Å². The van der Waals surface area contributed by atoms with Crippen LogP contribution in [0.5, 0.6) is 0 Å². The van der Waals surface area contributed by atoms with Crippen LogP contribution in [0.25, 0.3) is 11.1 Å². The maximum absolute atomic E-state index is 13.8. The lowest BCUT2D eigenvalue weighted by Gasteiger charge is -2.32. The van der Waals surface area contributed by atoms with Gasteiger partial charge >= 0.3 is 6.18 Å². The lowest BCUT2D eigenvalue weighted by Crippen LogP contribution is -2.39. The molecule has 1 amide bonds. The van der Waals surface area contributed by atoms with Gasteiger partial charge in [-0.2, -0.15) is 13.2 Å². The summed E-state index contributed by atoms with van der Waals surface area (Å²) in [6.07, 6.45) is 1.46. The normalized spacial score (nSPS) is 17.3. The number of carbonyl (C=O) groups excluding carboxylic acids is 1. The maximum atomic E-state index is 13.8. The van der Waals surface area contributed by atoms with Crippen molar-refractivity contribution in [2.45, 2.75) is 51.1 Å². The van der Waals surface area contributed by atoms with Crippen LogP contribution in [0, 0.1) is 0 Å². The van der Waals surface area contributed by atoms with Crippen LogP contribution in [0.15, 0.2) is 35.1 Å². The number of aromatic nitrogens is 3. The van der Waals surface area contributed by atoms with Crippen molar-refractivity contribution in [2.75, 3.05) is 13.1 Å². The number of amides is 1. The number of likely N-dealkylation sites (tertiary alicyclic amines) is 1. The zero-order valence-electron chi connectivity index (χ0n) is 17.2. The van der Waals surface area contributed by atoms with E-state index < -0.39 is 11.7 Å². The van der Waals surface area contributed by atoms with Gasteiger partial charge in [0.25, 0.3) is 5.71 Å². The molecule has 9 heteroatoms. The van der Waals surface area contributed by atoms with Crippen molar-refractivity contribution in [1.29, 1.82) is 0 Å². The number of hydrogen-bond acceptors (Lipinski definition) is 5. The van der Waals surface area contributed by atoms with Crippen molar-refractivity contribution in [3.05, 3.63) is 53.1 Å². The highest BCUT2D eigenvalue weighted by Gasteiger charge is 2.38. The van der Waals surface area contributed by atoms with Gasteiger partial charge in [0.15, 0.2) is 0 Å². The molecular formula is C22H23F3N4O2. The average molecular weight is 432 g/mol. The third-order valence-corrected chi connectivity index (χ3v) is 5.73.